The molecule has 262 valence electrons. The number of hydrogen-bond acceptors (Lipinski definition) is 5. The van der Waals surface area contributed by atoms with E-state index in [-0.39, 0.29) is 0 Å². The van der Waals surface area contributed by atoms with E-state index in [9.17, 15) is 0 Å². The number of rotatable bonds is 6. The Kier molecular flexibility index (Phi) is 7.64. The van der Waals surface area contributed by atoms with Crippen molar-refractivity contribution >= 4 is 53.4 Å². The summed E-state index contributed by atoms with van der Waals surface area (Å²) >= 11 is 1.77. The summed E-state index contributed by atoms with van der Waals surface area (Å²) in [6.45, 7) is 0. The van der Waals surface area contributed by atoms with Crippen molar-refractivity contribution in [1.82, 2.24) is 15.0 Å². The van der Waals surface area contributed by atoms with Gasteiger partial charge in [-0.1, -0.05) is 158 Å². The minimum atomic E-state index is 0.592. The van der Waals surface area contributed by atoms with Gasteiger partial charge in [0.15, 0.2) is 17.5 Å². The average Bonchev–Trinajstić information content (AvgIpc) is 3.85. The van der Waals surface area contributed by atoms with Crippen LogP contribution in [0.4, 0.5) is 0 Å². The van der Waals surface area contributed by atoms with Gasteiger partial charge in [-0.3, -0.25) is 0 Å². The van der Waals surface area contributed by atoms with Crippen molar-refractivity contribution in [2.24, 2.45) is 0 Å². The third-order valence-electron chi connectivity index (χ3n) is 10.6. The molecule has 11 aromatic rings. The van der Waals surface area contributed by atoms with Crippen molar-refractivity contribution in [3.05, 3.63) is 188 Å². The minimum Gasteiger partial charge on any atom is -0.456 e. The van der Waals surface area contributed by atoms with E-state index in [0.717, 1.165) is 65.6 Å². The number of furan rings is 1. The van der Waals surface area contributed by atoms with Crippen molar-refractivity contribution in [3.63, 3.8) is 0 Å². The molecule has 8 aromatic carbocycles. The summed E-state index contributed by atoms with van der Waals surface area (Å²) in [6, 6.07) is 65.7. The molecular weight excluding hydrogens is 703 g/mol. The zero-order chi connectivity index (χ0) is 37.0. The van der Waals surface area contributed by atoms with Crippen LogP contribution >= 0.6 is 11.3 Å². The Morgan fingerprint density at radius 1 is 0.339 bits per heavy atom. The molecular formula is C51H31N3OS. The summed E-state index contributed by atoms with van der Waals surface area (Å²) in [6.07, 6.45) is 0. The standard InChI is InChI=1S/C51H31N3OS/c1-3-11-32(12-4-1)33-21-23-34(24-22-33)35-25-27-37(28-26-35)49-52-50(54-51(53-49)43-18-9-17-41-40-15-7-8-20-46(40)56-48(41)43)38-29-30-42-45(31-38)55-44-19-10-16-39(47(42)44)36-13-5-2-6-14-36/h1-31H. The second-order valence-corrected chi connectivity index (χ2v) is 15.0. The first-order valence-electron chi connectivity index (χ1n) is 18.7. The summed E-state index contributed by atoms with van der Waals surface area (Å²) in [7, 11) is 0. The van der Waals surface area contributed by atoms with Gasteiger partial charge in [0.05, 0.1) is 0 Å². The van der Waals surface area contributed by atoms with Gasteiger partial charge in [-0.2, -0.15) is 0 Å². The molecule has 3 heterocycles. The zero-order valence-corrected chi connectivity index (χ0v) is 30.9. The topological polar surface area (TPSA) is 51.8 Å². The molecule has 0 aliphatic heterocycles. The monoisotopic (exact) mass is 733 g/mol. The number of aromatic nitrogens is 3. The van der Waals surface area contributed by atoms with Gasteiger partial charge < -0.3 is 4.42 Å². The third kappa shape index (κ3) is 5.56. The first-order chi connectivity index (χ1) is 27.7. The highest BCUT2D eigenvalue weighted by Gasteiger charge is 2.19. The van der Waals surface area contributed by atoms with E-state index in [0.29, 0.717) is 17.5 Å². The lowest BCUT2D eigenvalue weighted by Crippen LogP contribution is -2.00. The van der Waals surface area contributed by atoms with Crippen LogP contribution in [0, 0.1) is 0 Å². The Hall–Kier alpha value is -7.21. The van der Waals surface area contributed by atoms with Gasteiger partial charge in [-0.15, -0.1) is 11.3 Å². The molecule has 0 radical (unpaired) electrons. The third-order valence-corrected chi connectivity index (χ3v) is 11.8. The lowest BCUT2D eigenvalue weighted by Gasteiger charge is -2.10. The van der Waals surface area contributed by atoms with Crippen molar-refractivity contribution in [1.29, 1.82) is 0 Å². The van der Waals surface area contributed by atoms with Gasteiger partial charge in [0, 0.05) is 47.6 Å². The summed E-state index contributed by atoms with van der Waals surface area (Å²) in [5.74, 6) is 1.85. The van der Waals surface area contributed by atoms with Crippen LogP contribution in [0.2, 0.25) is 0 Å². The predicted octanol–water partition coefficient (Wildman–Crippen LogP) is 14.1. The Bertz CT molecular complexity index is 3220. The van der Waals surface area contributed by atoms with E-state index in [1.807, 2.05) is 18.2 Å². The van der Waals surface area contributed by atoms with Gasteiger partial charge >= 0.3 is 0 Å². The Morgan fingerprint density at radius 2 is 0.875 bits per heavy atom. The maximum Gasteiger partial charge on any atom is 0.165 e. The van der Waals surface area contributed by atoms with Crippen molar-refractivity contribution in [2.75, 3.05) is 0 Å². The van der Waals surface area contributed by atoms with Crippen LogP contribution in [0.5, 0.6) is 0 Å². The van der Waals surface area contributed by atoms with E-state index in [1.54, 1.807) is 11.3 Å². The molecule has 0 bridgehead atoms. The molecule has 0 atom stereocenters. The fourth-order valence-corrected chi connectivity index (χ4v) is 9.01. The molecule has 0 amide bonds. The average molecular weight is 734 g/mol. The van der Waals surface area contributed by atoms with Gasteiger partial charge in [-0.25, -0.2) is 15.0 Å². The summed E-state index contributed by atoms with van der Waals surface area (Å²) in [5.41, 5.74) is 11.4. The van der Waals surface area contributed by atoms with E-state index < -0.39 is 0 Å². The van der Waals surface area contributed by atoms with Gasteiger partial charge in [0.25, 0.3) is 0 Å². The molecule has 5 heteroatoms. The van der Waals surface area contributed by atoms with Gasteiger partial charge in [-0.05, 0) is 63.7 Å². The molecule has 0 unspecified atom stereocenters. The fourth-order valence-electron chi connectivity index (χ4n) is 7.80. The highest BCUT2D eigenvalue weighted by atomic mass is 32.1. The second kappa shape index (κ2) is 13.3. The van der Waals surface area contributed by atoms with Gasteiger partial charge in [0.2, 0.25) is 0 Å². The van der Waals surface area contributed by atoms with Crippen molar-refractivity contribution < 1.29 is 4.42 Å². The molecule has 56 heavy (non-hydrogen) atoms. The van der Waals surface area contributed by atoms with Crippen molar-refractivity contribution in [2.45, 2.75) is 0 Å². The van der Waals surface area contributed by atoms with Crippen LogP contribution in [0.1, 0.15) is 0 Å². The van der Waals surface area contributed by atoms with E-state index in [1.165, 1.54) is 26.6 Å². The van der Waals surface area contributed by atoms with E-state index in [4.69, 9.17) is 19.4 Å². The maximum absolute atomic E-state index is 6.52. The smallest absolute Gasteiger partial charge is 0.165 e. The maximum atomic E-state index is 6.52. The van der Waals surface area contributed by atoms with Gasteiger partial charge in [0.1, 0.15) is 11.2 Å². The molecule has 3 aromatic heterocycles. The lowest BCUT2D eigenvalue weighted by molar-refractivity contribution is 0.669. The van der Waals surface area contributed by atoms with E-state index >= 15 is 0 Å². The fraction of sp³-hybridized carbons (Fsp3) is 0. The quantitative estimate of drug-likeness (QED) is 0.171. The van der Waals surface area contributed by atoms with E-state index in [2.05, 4.69) is 170 Å². The first-order valence-corrected chi connectivity index (χ1v) is 19.5. The number of benzene rings is 8. The Balaban J connectivity index is 1.04. The Labute approximate surface area is 327 Å². The second-order valence-electron chi connectivity index (χ2n) is 14.0. The SMILES string of the molecule is c1ccc(-c2ccc(-c3ccc(-c4nc(-c5ccc6c(c5)oc5cccc(-c7ccccc7)c56)nc(-c5cccc6c5sc5ccccc56)n4)cc3)cc2)cc1. The minimum absolute atomic E-state index is 0.592. The molecule has 11 rings (SSSR count). The normalized spacial score (nSPS) is 11.6. The van der Waals surface area contributed by atoms with Crippen LogP contribution in [0.15, 0.2) is 192 Å². The van der Waals surface area contributed by atoms with Crippen LogP contribution < -0.4 is 0 Å². The summed E-state index contributed by atoms with van der Waals surface area (Å²) in [5, 5.41) is 4.59. The number of fused-ring (bicyclic) bond motifs is 6. The van der Waals surface area contributed by atoms with Crippen LogP contribution in [0.25, 0.3) is 110 Å². The molecule has 0 spiro atoms. The summed E-state index contributed by atoms with van der Waals surface area (Å²) < 4.78 is 8.91. The number of hydrogen-bond donors (Lipinski definition) is 0. The molecule has 0 fully saturated rings. The number of thiophene rings is 1. The molecule has 0 aliphatic carbocycles. The first kappa shape index (κ1) is 32.2. The van der Waals surface area contributed by atoms with Crippen LogP contribution in [0.3, 0.4) is 0 Å². The molecule has 0 saturated carbocycles. The molecule has 4 nitrogen and oxygen atoms in total. The largest absolute Gasteiger partial charge is 0.456 e. The highest BCUT2D eigenvalue weighted by molar-refractivity contribution is 7.26. The Morgan fingerprint density at radius 3 is 1.61 bits per heavy atom. The zero-order valence-electron chi connectivity index (χ0n) is 30.1. The lowest BCUT2D eigenvalue weighted by atomic mass is 9.99. The van der Waals surface area contributed by atoms with Crippen LogP contribution in [-0.2, 0) is 0 Å². The number of nitrogens with zero attached hydrogens (tertiary/aromatic N) is 3. The molecule has 0 saturated heterocycles. The summed E-state index contributed by atoms with van der Waals surface area (Å²) in [4.78, 5) is 15.5. The van der Waals surface area contributed by atoms with Crippen LogP contribution in [-0.4, -0.2) is 15.0 Å². The molecule has 0 N–H and O–H groups in total. The van der Waals surface area contributed by atoms with Crippen molar-refractivity contribution in [3.8, 4) is 67.5 Å². The highest BCUT2D eigenvalue weighted by Crippen LogP contribution is 2.41. The molecule has 0 aliphatic rings. The predicted molar refractivity (Wildman–Crippen MR) is 233 cm³/mol.